The third-order valence-corrected chi connectivity index (χ3v) is 5.88. The molecule has 1 fully saturated rings. The third kappa shape index (κ3) is 4.51. The largest absolute Gasteiger partial charge is 0.497 e. The standard InChI is InChI=1S/C20H25N3O4S/c1-22(2)10-9-21-18(24)17-13-28-20(15-8-11-27-12-15)23(17)19(25)14-4-6-16(26-3)7-5-14/h4-8,11-12,17,20H,9-10,13H2,1-3H3,(H,21,24). The van der Waals surface area contributed by atoms with Gasteiger partial charge in [-0.2, -0.15) is 0 Å². The van der Waals surface area contributed by atoms with Crippen LogP contribution in [0.3, 0.4) is 0 Å². The van der Waals surface area contributed by atoms with E-state index in [2.05, 4.69) is 5.32 Å². The molecule has 1 N–H and O–H groups in total. The van der Waals surface area contributed by atoms with Crippen molar-refractivity contribution in [2.75, 3.05) is 40.0 Å². The molecule has 2 aromatic rings. The van der Waals surface area contributed by atoms with Crippen molar-refractivity contribution in [3.63, 3.8) is 0 Å². The number of nitrogens with one attached hydrogen (secondary N) is 1. The van der Waals surface area contributed by atoms with Crippen molar-refractivity contribution < 1.29 is 18.7 Å². The molecule has 3 rings (SSSR count). The van der Waals surface area contributed by atoms with Crippen LogP contribution in [0, 0.1) is 0 Å². The molecule has 1 aromatic heterocycles. The van der Waals surface area contributed by atoms with E-state index >= 15 is 0 Å². The van der Waals surface area contributed by atoms with E-state index in [1.807, 2.05) is 25.1 Å². The smallest absolute Gasteiger partial charge is 0.255 e. The Morgan fingerprint density at radius 2 is 2.04 bits per heavy atom. The van der Waals surface area contributed by atoms with Crippen LogP contribution in [0.2, 0.25) is 0 Å². The van der Waals surface area contributed by atoms with Crippen molar-refractivity contribution in [1.29, 1.82) is 0 Å². The second kappa shape index (κ2) is 9.16. The van der Waals surface area contributed by atoms with E-state index in [0.29, 0.717) is 23.6 Å². The molecule has 0 spiro atoms. The summed E-state index contributed by atoms with van der Waals surface area (Å²) in [6, 6.07) is 8.22. The molecule has 7 nitrogen and oxygen atoms in total. The molecule has 150 valence electrons. The number of amides is 2. The highest BCUT2D eigenvalue weighted by Crippen LogP contribution is 2.42. The summed E-state index contributed by atoms with van der Waals surface area (Å²) in [6.45, 7) is 1.27. The fourth-order valence-electron chi connectivity index (χ4n) is 3.03. The number of carbonyl (C=O) groups is 2. The number of methoxy groups -OCH3 is 1. The number of rotatable bonds is 7. The maximum atomic E-state index is 13.3. The van der Waals surface area contributed by atoms with E-state index in [4.69, 9.17) is 9.15 Å². The monoisotopic (exact) mass is 403 g/mol. The summed E-state index contributed by atoms with van der Waals surface area (Å²) >= 11 is 1.56. The molecule has 2 amide bonds. The van der Waals surface area contributed by atoms with Crippen LogP contribution in [0.4, 0.5) is 0 Å². The molecular weight excluding hydrogens is 378 g/mol. The van der Waals surface area contributed by atoms with Crippen LogP contribution in [0.15, 0.2) is 47.3 Å². The molecule has 0 saturated carbocycles. The van der Waals surface area contributed by atoms with Gasteiger partial charge in [-0.1, -0.05) is 0 Å². The fraction of sp³-hybridized carbons (Fsp3) is 0.400. The Hall–Kier alpha value is -2.45. The Morgan fingerprint density at radius 3 is 2.64 bits per heavy atom. The lowest BCUT2D eigenvalue weighted by molar-refractivity contribution is -0.124. The molecule has 1 aliphatic heterocycles. The number of thioether (sulfide) groups is 1. The van der Waals surface area contributed by atoms with Crippen LogP contribution in [-0.2, 0) is 4.79 Å². The van der Waals surface area contributed by atoms with Crippen LogP contribution in [-0.4, -0.2) is 67.7 Å². The van der Waals surface area contributed by atoms with E-state index in [-0.39, 0.29) is 17.2 Å². The number of benzene rings is 1. The lowest BCUT2D eigenvalue weighted by Crippen LogP contribution is -2.49. The fourth-order valence-corrected chi connectivity index (χ4v) is 4.44. The lowest BCUT2D eigenvalue weighted by Gasteiger charge is -2.28. The number of hydrogen-bond acceptors (Lipinski definition) is 6. The van der Waals surface area contributed by atoms with Gasteiger partial charge in [0.15, 0.2) is 0 Å². The first-order valence-electron chi connectivity index (χ1n) is 9.04. The highest BCUT2D eigenvalue weighted by Gasteiger charge is 2.42. The van der Waals surface area contributed by atoms with Crippen molar-refractivity contribution in [2.24, 2.45) is 0 Å². The first kappa shape index (κ1) is 20.3. The predicted molar refractivity (Wildman–Crippen MR) is 108 cm³/mol. The topological polar surface area (TPSA) is 75.0 Å². The maximum absolute atomic E-state index is 13.3. The average Bonchev–Trinajstić information content (AvgIpc) is 3.36. The van der Waals surface area contributed by atoms with E-state index < -0.39 is 6.04 Å². The van der Waals surface area contributed by atoms with Crippen molar-refractivity contribution in [1.82, 2.24) is 15.1 Å². The number of likely N-dealkylation sites (N-methyl/N-ethyl adjacent to an activating group) is 1. The summed E-state index contributed by atoms with van der Waals surface area (Å²) in [7, 11) is 5.48. The molecule has 28 heavy (non-hydrogen) atoms. The number of carbonyl (C=O) groups excluding carboxylic acids is 2. The highest BCUT2D eigenvalue weighted by atomic mass is 32.2. The normalized spacial score (nSPS) is 19.1. The molecule has 8 heteroatoms. The van der Waals surface area contributed by atoms with Crippen LogP contribution in [0.25, 0.3) is 0 Å². The first-order chi connectivity index (χ1) is 13.5. The lowest BCUT2D eigenvalue weighted by atomic mass is 10.1. The van der Waals surface area contributed by atoms with Gasteiger partial charge in [-0.05, 0) is 44.4 Å². The van der Waals surface area contributed by atoms with Gasteiger partial charge in [0.2, 0.25) is 5.91 Å². The molecule has 1 aromatic carbocycles. The molecule has 1 aliphatic rings. The van der Waals surface area contributed by atoms with Crippen LogP contribution in [0.5, 0.6) is 5.75 Å². The summed E-state index contributed by atoms with van der Waals surface area (Å²) < 4.78 is 10.4. The van der Waals surface area contributed by atoms with Crippen molar-refractivity contribution in [2.45, 2.75) is 11.4 Å². The van der Waals surface area contributed by atoms with Gasteiger partial charge < -0.3 is 24.3 Å². The quantitative estimate of drug-likeness (QED) is 0.764. The van der Waals surface area contributed by atoms with Crippen molar-refractivity contribution in [3.05, 3.63) is 54.0 Å². The Kier molecular flexibility index (Phi) is 6.64. The zero-order chi connectivity index (χ0) is 20.1. The van der Waals surface area contributed by atoms with Gasteiger partial charge in [0.1, 0.15) is 17.2 Å². The molecule has 2 atom stereocenters. The molecule has 2 heterocycles. The Balaban J connectivity index is 1.82. The molecule has 0 bridgehead atoms. The number of furan rings is 1. The van der Waals surface area contributed by atoms with Crippen LogP contribution < -0.4 is 10.1 Å². The van der Waals surface area contributed by atoms with Crippen LogP contribution in [0.1, 0.15) is 21.3 Å². The maximum Gasteiger partial charge on any atom is 0.255 e. The second-order valence-corrected chi connectivity index (χ2v) is 7.91. The van der Waals surface area contributed by atoms with Gasteiger partial charge in [-0.3, -0.25) is 9.59 Å². The SMILES string of the molecule is COc1ccc(C(=O)N2C(C(=O)NCCN(C)C)CSC2c2ccoc2)cc1. The Labute approximate surface area is 169 Å². The van der Waals surface area contributed by atoms with Gasteiger partial charge >= 0.3 is 0 Å². The molecule has 1 saturated heterocycles. The summed E-state index contributed by atoms with van der Waals surface area (Å²) in [5, 5.41) is 2.68. The minimum Gasteiger partial charge on any atom is -0.497 e. The summed E-state index contributed by atoms with van der Waals surface area (Å²) in [5.41, 5.74) is 1.39. The summed E-state index contributed by atoms with van der Waals surface area (Å²) in [4.78, 5) is 29.8. The van der Waals surface area contributed by atoms with Crippen molar-refractivity contribution in [3.8, 4) is 5.75 Å². The minimum absolute atomic E-state index is 0.137. The Bertz CT molecular complexity index is 792. The van der Waals surface area contributed by atoms with E-state index in [0.717, 1.165) is 12.1 Å². The number of nitrogens with zero attached hydrogens (tertiary/aromatic N) is 2. The van der Waals surface area contributed by atoms with Gasteiger partial charge in [-0.15, -0.1) is 11.8 Å². The predicted octanol–water partition coefficient (Wildman–Crippen LogP) is 2.22. The molecule has 0 aliphatic carbocycles. The number of hydrogen-bond donors (Lipinski definition) is 1. The zero-order valence-electron chi connectivity index (χ0n) is 16.3. The zero-order valence-corrected chi connectivity index (χ0v) is 17.1. The van der Waals surface area contributed by atoms with E-state index in [1.54, 1.807) is 60.6 Å². The highest BCUT2D eigenvalue weighted by molar-refractivity contribution is 7.99. The van der Waals surface area contributed by atoms with E-state index in [9.17, 15) is 9.59 Å². The average molecular weight is 404 g/mol. The third-order valence-electron chi connectivity index (χ3n) is 4.56. The summed E-state index contributed by atoms with van der Waals surface area (Å²) in [6.07, 6.45) is 3.20. The Morgan fingerprint density at radius 1 is 1.29 bits per heavy atom. The van der Waals surface area contributed by atoms with Gasteiger partial charge in [0.05, 0.1) is 19.6 Å². The van der Waals surface area contributed by atoms with Gasteiger partial charge in [0.25, 0.3) is 5.91 Å². The van der Waals surface area contributed by atoms with Gasteiger partial charge in [-0.25, -0.2) is 0 Å². The van der Waals surface area contributed by atoms with Crippen molar-refractivity contribution >= 4 is 23.6 Å². The molecular formula is C20H25N3O4S. The molecule has 2 unspecified atom stereocenters. The molecule has 0 radical (unpaired) electrons. The minimum atomic E-state index is -0.540. The van der Waals surface area contributed by atoms with Crippen LogP contribution >= 0.6 is 11.8 Å². The summed E-state index contributed by atoms with van der Waals surface area (Å²) in [5.74, 6) is 0.886. The second-order valence-electron chi connectivity index (χ2n) is 6.79. The van der Waals surface area contributed by atoms with E-state index in [1.165, 1.54) is 0 Å². The number of ether oxygens (including phenoxy) is 1. The first-order valence-corrected chi connectivity index (χ1v) is 10.1. The van der Waals surface area contributed by atoms with Gasteiger partial charge in [0, 0.05) is 30.0 Å².